The Morgan fingerprint density at radius 2 is 2.20 bits per heavy atom. The third kappa shape index (κ3) is 3.19. The van der Waals surface area contributed by atoms with Crippen molar-refractivity contribution in [2.24, 2.45) is 0 Å². The van der Waals surface area contributed by atoms with Crippen molar-refractivity contribution < 1.29 is 4.39 Å². The number of hydrogen-bond acceptors (Lipinski definition) is 2. The smallest absolute Gasteiger partial charge is 0.129 e. The molecule has 3 nitrogen and oxygen atoms in total. The quantitative estimate of drug-likeness (QED) is 0.814. The van der Waals surface area contributed by atoms with Gasteiger partial charge in [0.1, 0.15) is 5.82 Å². The topological polar surface area (TPSA) is 21.1 Å². The molecule has 1 saturated carbocycles. The van der Waals surface area contributed by atoms with Gasteiger partial charge in [-0.1, -0.05) is 17.7 Å². The molecular formula is C15H17ClFN3. The molecule has 1 aliphatic rings. The lowest BCUT2D eigenvalue weighted by molar-refractivity contribution is 0.237. The number of rotatable bonds is 6. The van der Waals surface area contributed by atoms with Crippen molar-refractivity contribution in [3.63, 3.8) is 0 Å². The second-order valence-corrected chi connectivity index (χ2v) is 5.58. The molecule has 1 fully saturated rings. The molecule has 0 atom stereocenters. The Labute approximate surface area is 123 Å². The van der Waals surface area contributed by atoms with Crippen LogP contribution in [0.4, 0.5) is 4.39 Å². The molecule has 0 aliphatic heterocycles. The SMILES string of the molecule is Fc1cccc(Cl)c1CN(CCn1cccn1)C1CC1. The highest BCUT2D eigenvalue weighted by atomic mass is 35.5. The maximum atomic E-state index is 13.9. The third-order valence-electron chi connectivity index (χ3n) is 3.66. The predicted octanol–water partition coefficient (Wildman–Crippen LogP) is 3.34. The largest absolute Gasteiger partial charge is 0.294 e. The summed E-state index contributed by atoms with van der Waals surface area (Å²) in [7, 11) is 0. The van der Waals surface area contributed by atoms with Crippen molar-refractivity contribution >= 4 is 11.6 Å². The maximum absolute atomic E-state index is 13.9. The summed E-state index contributed by atoms with van der Waals surface area (Å²) in [4.78, 5) is 2.30. The van der Waals surface area contributed by atoms with Crippen molar-refractivity contribution in [2.75, 3.05) is 6.54 Å². The number of aromatic nitrogens is 2. The van der Waals surface area contributed by atoms with Gasteiger partial charge in [-0.15, -0.1) is 0 Å². The van der Waals surface area contributed by atoms with Crippen molar-refractivity contribution in [3.8, 4) is 0 Å². The van der Waals surface area contributed by atoms with Gasteiger partial charge in [0, 0.05) is 42.1 Å². The van der Waals surface area contributed by atoms with Gasteiger partial charge in [-0.3, -0.25) is 9.58 Å². The van der Waals surface area contributed by atoms with E-state index in [1.54, 1.807) is 18.3 Å². The van der Waals surface area contributed by atoms with Gasteiger partial charge in [-0.2, -0.15) is 5.10 Å². The van der Waals surface area contributed by atoms with Crippen LogP contribution in [0.3, 0.4) is 0 Å². The molecule has 0 saturated heterocycles. The Balaban J connectivity index is 1.68. The first kappa shape index (κ1) is 13.6. The maximum Gasteiger partial charge on any atom is 0.129 e. The first-order valence-corrected chi connectivity index (χ1v) is 7.26. The van der Waals surface area contributed by atoms with Crippen LogP contribution >= 0.6 is 11.6 Å². The molecule has 0 unspecified atom stereocenters. The average Bonchev–Trinajstić information content (AvgIpc) is 3.14. The van der Waals surface area contributed by atoms with Gasteiger partial charge < -0.3 is 0 Å². The molecule has 0 spiro atoms. The summed E-state index contributed by atoms with van der Waals surface area (Å²) in [6, 6.07) is 7.33. The minimum atomic E-state index is -0.220. The molecular weight excluding hydrogens is 277 g/mol. The van der Waals surface area contributed by atoms with E-state index in [0.29, 0.717) is 23.2 Å². The van der Waals surface area contributed by atoms with Crippen LogP contribution in [-0.2, 0) is 13.1 Å². The fraction of sp³-hybridized carbons (Fsp3) is 0.400. The number of halogens is 2. The fourth-order valence-corrected chi connectivity index (χ4v) is 2.60. The number of nitrogens with zero attached hydrogens (tertiary/aromatic N) is 3. The van der Waals surface area contributed by atoms with Crippen molar-refractivity contribution in [3.05, 3.63) is 53.1 Å². The molecule has 3 rings (SSSR count). The van der Waals surface area contributed by atoms with Gasteiger partial charge in [-0.05, 0) is 31.0 Å². The second kappa shape index (κ2) is 5.94. The van der Waals surface area contributed by atoms with Crippen LogP contribution in [-0.4, -0.2) is 27.3 Å². The van der Waals surface area contributed by atoms with Crippen LogP contribution in [0, 0.1) is 5.82 Å². The molecule has 0 bridgehead atoms. The molecule has 1 aromatic heterocycles. The van der Waals surface area contributed by atoms with E-state index in [1.807, 2.05) is 16.9 Å². The summed E-state index contributed by atoms with van der Waals surface area (Å²) in [6.45, 7) is 2.24. The minimum absolute atomic E-state index is 0.220. The normalized spacial score (nSPS) is 14.9. The zero-order valence-electron chi connectivity index (χ0n) is 11.2. The first-order chi connectivity index (χ1) is 9.74. The highest BCUT2D eigenvalue weighted by Crippen LogP contribution is 2.30. The molecule has 5 heteroatoms. The van der Waals surface area contributed by atoms with Gasteiger partial charge in [-0.25, -0.2) is 4.39 Å². The molecule has 0 N–H and O–H groups in total. The van der Waals surface area contributed by atoms with E-state index < -0.39 is 0 Å². The van der Waals surface area contributed by atoms with Gasteiger partial charge >= 0.3 is 0 Å². The van der Waals surface area contributed by atoms with E-state index in [1.165, 1.54) is 18.9 Å². The zero-order chi connectivity index (χ0) is 13.9. The second-order valence-electron chi connectivity index (χ2n) is 5.17. The Morgan fingerprint density at radius 3 is 2.85 bits per heavy atom. The molecule has 2 aromatic rings. The summed E-state index contributed by atoms with van der Waals surface area (Å²) >= 11 is 6.11. The van der Waals surface area contributed by atoms with Crippen LogP contribution in [0.15, 0.2) is 36.7 Å². The Hall–Kier alpha value is -1.39. The minimum Gasteiger partial charge on any atom is -0.294 e. The van der Waals surface area contributed by atoms with Crippen LogP contribution in [0.1, 0.15) is 18.4 Å². The number of benzene rings is 1. The van der Waals surface area contributed by atoms with Gasteiger partial charge in [0.05, 0.1) is 6.54 Å². The molecule has 20 heavy (non-hydrogen) atoms. The fourth-order valence-electron chi connectivity index (χ4n) is 2.38. The third-order valence-corrected chi connectivity index (χ3v) is 4.02. The van der Waals surface area contributed by atoms with E-state index in [4.69, 9.17) is 11.6 Å². The van der Waals surface area contributed by atoms with Gasteiger partial charge in [0.15, 0.2) is 0 Å². The van der Waals surface area contributed by atoms with Crippen molar-refractivity contribution in [1.29, 1.82) is 0 Å². The monoisotopic (exact) mass is 293 g/mol. The molecule has 0 amide bonds. The highest BCUT2D eigenvalue weighted by Gasteiger charge is 2.29. The van der Waals surface area contributed by atoms with E-state index in [2.05, 4.69) is 10.00 Å². The van der Waals surface area contributed by atoms with Gasteiger partial charge in [0.2, 0.25) is 0 Å². The molecule has 1 aromatic carbocycles. The summed E-state index contributed by atoms with van der Waals surface area (Å²) < 4.78 is 15.8. The number of hydrogen-bond donors (Lipinski definition) is 0. The Bertz CT molecular complexity index is 546. The van der Waals surface area contributed by atoms with Crippen LogP contribution in [0.5, 0.6) is 0 Å². The van der Waals surface area contributed by atoms with E-state index >= 15 is 0 Å². The summed E-state index contributed by atoms with van der Waals surface area (Å²) in [5.41, 5.74) is 0.599. The summed E-state index contributed by atoms with van der Waals surface area (Å²) in [5.74, 6) is -0.220. The molecule has 1 aliphatic carbocycles. The van der Waals surface area contributed by atoms with Crippen molar-refractivity contribution in [2.45, 2.75) is 32.0 Å². The van der Waals surface area contributed by atoms with Crippen molar-refractivity contribution in [1.82, 2.24) is 14.7 Å². The standard InChI is InChI=1S/C15H17ClFN3/c16-14-3-1-4-15(17)13(14)11-19(12-5-6-12)9-10-20-8-2-7-18-20/h1-4,7-8,12H,5-6,9-11H2. The lowest BCUT2D eigenvalue weighted by atomic mass is 10.2. The Kier molecular flexibility index (Phi) is 4.03. The highest BCUT2D eigenvalue weighted by molar-refractivity contribution is 6.31. The lowest BCUT2D eigenvalue weighted by Gasteiger charge is -2.22. The Morgan fingerprint density at radius 1 is 1.35 bits per heavy atom. The van der Waals surface area contributed by atoms with Crippen LogP contribution in [0.25, 0.3) is 0 Å². The van der Waals surface area contributed by atoms with E-state index in [9.17, 15) is 4.39 Å². The van der Waals surface area contributed by atoms with Crippen LogP contribution in [0.2, 0.25) is 5.02 Å². The molecule has 1 heterocycles. The molecule has 0 radical (unpaired) electrons. The summed E-state index contributed by atoms with van der Waals surface area (Å²) in [5, 5.41) is 4.71. The molecule has 106 valence electrons. The summed E-state index contributed by atoms with van der Waals surface area (Å²) in [6.07, 6.45) is 6.09. The van der Waals surface area contributed by atoms with Crippen LogP contribution < -0.4 is 0 Å². The first-order valence-electron chi connectivity index (χ1n) is 6.88. The zero-order valence-corrected chi connectivity index (χ0v) is 11.9. The predicted molar refractivity (Wildman–Crippen MR) is 77.1 cm³/mol. The van der Waals surface area contributed by atoms with E-state index in [0.717, 1.165) is 13.1 Å². The lowest BCUT2D eigenvalue weighted by Crippen LogP contribution is -2.30. The van der Waals surface area contributed by atoms with Gasteiger partial charge in [0.25, 0.3) is 0 Å². The average molecular weight is 294 g/mol. The van der Waals surface area contributed by atoms with E-state index in [-0.39, 0.29) is 5.82 Å².